The van der Waals surface area contributed by atoms with E-state index in [1.54, 1.807) is 37.2 Å². The molecule has 2 fully saturated rings. The second-order valence-electron chi connectivity index (χ2n) is 10.9. The number of aromatic nitrogens is 1. The highest BCUT2D eigenvalue weighted by Crippen LogP contribution is 2.42. The number of rotatable bonds is 8. The van der Waals surface area contributed by atoms with Crippen molar-refractivity contribution in [1.29, 1.82) is 0 Å². The molecule has 0 bridgehead atoms. The van der Waals surface area contributed by atoms with Crippen LogP contribution in [0.5, 0.6) is 0 Å². The van der Waals surface area contributed by atoms with Gasteiger partial charge in [0.1, 0.15) is 0 Å². The molecule has 1 aliphatic carbocycles. The Morgan fingerprint density at radius 3 is 2.37 bits per heavy atom. The molecule has 0 radical (unpaired) electrons. The lowest BCUT2D eigenvalue weighted by Gasteiger charge is -2.42. The quantitative estimate of drug-likeness (QED) is 0.248. The Morgan fingerprint density at radius 2 is 1.78 bits per heavy atom. The number of benzene rings is 2. The smallest absolute Gasteiger partial charge is 0.405 e. The second kappa shape index (κ2) is 11.4. The van der Waals surface area contributed by atoms with Crippen molar-refractivity contribution < 1.29 is 19.6 Å². The van der Waals surface area contributed by atoms with E-state index in [-0.39, 0.29) is 23.3 Å². The van der Waals surface area contributed by atoms with E-state index in [0.717, 1.165) is 62.0 Å². The Balaban J connectivity index is 1.35. The summed E-state index contributed by atoms with van der Waals surface area (Å²) in [5.74, 6) is 0.328. The Bertz CT molecular complexity index is 1450. The van der Waals surface area contributed by atoms with Crippen molar-refractivity contribution in [3.8, 4) is 11.3 Å². The fourth-order valence-electron chi connectivity index (χ4n) is 5.69. The number of nitro groups is 1. The van der Waals surface area contributed by atoms with Crippen LogP contribution in [0.3, 0.4) is 0 Å². The summed E-state index contributed by atoms with van der Waals surface area (Å²) in [5.41, 5.74) is 3.17. The first kappa shape index (κ1) is 27.9. The summed E-state index contributed by atoms with van der Waals surface area (Å²) in [6.07, 6.45) is 2.92. The minimum atomic E-state index is -1.06. The maximum absolute atomic E-state index is 12.4. The summed E-state index contributed by atoms with van der Waals surface area (Å²) in [6, 6.07) is 18.2. The molecule has 1 aromatic heterocycles. The van der Waals surface area contributed by atoms with Gasteiger partial charge in [-0.25, -0.2) is 9.78 Å². The number of amides is 2. The van der Waals surface area contributed by atoms with Crippen molar-refractivity contribution in [2.45, 2.75) is 37.6 Å². The number of nitrogens with one attached hydrogen (secondary N) is 2. The second-order valence-corrected chi connectivity index (χ2v) is 10.9. The molecule has 41 heavy (non-hydrogen) atoms. The highest BCUT2D eigenvalue weighted by molar-refractivity contribution is 5.79. The minimum Gasteiger partial charge on any atom is -0.465 e. The number of nitrogens with zero attached hydrogens (tertiary/aromatic N) is 4. The first-order chi connectivity index (χ1) is 19.6. The van der Waals surface area contributed by atoms with Crippen molar-refractivity contribution in [3.63, 3.8) is 0 Å². The summed E-state index contributed by atoms with van der Waals surface area (Å²) in [5, 5.41) is 26.8. The Kier molecular flexibility index (Phi) is 7.78. The molecule has 1 saturated heterocycles. The van der Waals surface area contributed by atoms with Gasteiger partial charge in [0.05, 0.1) is 16.2 Å². The van der Waals surface area contributed by atoms with Crippen LogP contribution >= 0.6 is 0 Å². The molecular formula is C30H34N6O5. The van der Waals surface area contributed by atoms with Crippen molar-refractivity contribution in [2.24, 2.45) is 5.92 Å². The molecule has 0 atom stereocenters. The van der Waals surface area contributed by atoms with Crippen LogP contribution in [-0.4, -0.2) is 59.1 Å². The lowest BCUT2D eigenvalue weighted by molar-refractivity contribution is -0.384. The summed E-state index contributed by atoms with van der Waals surface area (Å²) < 4.78 is 0. The number of hydrogen-bond acceptors (Lipinski definition) is 7. The molecule has 3 aromatic rings. The third-order valence-corrected chi connectivity index (χ3v) is 8.12. The monoisotopic (exact) mass is 558 g/mol. The highest BCUT2D eigenvalue weighted by Gasteiger charge is 2.40. The number of anilines is 3. The van der Waals surface area contributed by atoms with E-state index in [1.165, 1.54) is 6.07 Å². The van der Waals surface area contributed by atoms with Crippen LogP contribution in [0.2, 0.25) is 0 Å². The van der Waals surface area contributed by atoms with Crippen LogP contribution in [0.25, 0.3) is 11.3 Å². The van der Waals surface area contributed by atoms with Gasteiger partial charge in [0, 0.05) is 56.1 Å². The van der Waals surface area contributed by atoms with Crippen LogP contribution in [0.4, 0.5) is 27.7 Å². The van der Waals surface area contributed by atoms with Crippen LogP contribution in [0.1, 0.15) is 37.7 Å². The molecule has 5 rings (SSSR count). The SMILES string of the molecule is CN(C)C(=O)C1CCN(c2cccc(-c3ccc([N+](=O)[O-])c(Nc4ccc(C5(NC(=O)O)CCC5)cc4)n3)c2)CC1. The maximum Gasteiger partial charge on any atom is 0.405 e. The summed E-state index contributed by atoms with van der Waals surface area (Å²) in [7, 11) is 3.58. The number of hydrogen-bond donors (Lipinski definition) is 3. The molecule has 2 heterocycles. The van der Waals surface area contributed by atoms with Crippen molar-refractivity contribution in [3.05, 3.63) is 76.3 Å². The fraction of sp³-hybridized carbons (Fsp3) is 0.367. The molecular weight excluding hydrogens is 524 g/mol. The van der Waals surface area contributed by atoms with Gasteiger partial charge in [0.15, 0.2) is 0 Å². The third kappa shape index (κ3) is 5.93. The lowest BCUT2D eigenvalue weighted by atomic mass is 9.72. The van der Waals surface area contributed by atoms with Gasteiger partial charge in [-0.2, -0.15) is 0 Å². The molecule has 0 spiro atoms. The van der Waals surface area contributed by atoms with Gasteiger partial charge >= 0.3 is 11.8 Å². The Labute approximate surface area is 238 Å². The predicted octanol–water partition coefficient (Wildman–Crippen LogP) is 5.35. The van der Waals surface area contributed by atoms with E-state index in [4.69, 9.17) is 0 Å². The van der Waals surface area contributed by atoms with Gasteiger partial charge in [0.25, 0.3) is 0 Å². The van der Waals surface area contributed by atoms with Crippen molar-refractivity contribution >= 4 is 34.9 Å². The maximum atomic E-state index is 12.4. The first-order valence-electron chi connectivity index (χ1n) is 13.8. The average Bonchev–Trinajstić information content (AvgIpc) is 2.95. The Hall–Kier alpha value is -4.67. The van der Waals surface area contributed by atoms with E-state index < -0.39 is 16.6 Å². The van der Waals surface area contributed by atoms with E-state index in [0.29, 0.717) is 11.4 Å². The van der Waals surface area contributed by atoms with Gasteiger partial charge in [-0.05, 0) is 68.0 Å². The topological polar surface area (TPSA) is 141 Å². The van der Waals surface area contributed by atoms with E-state index >= 15 is 0 Å². The molecule has 214 valence electrons. The standard InChI is InChI=1S/C30H34N6O5/c1-34(2)28(37)20-13-17-35(18-14-20)24-6-3-5-21(19-24)25-11-12-26(36(40)41)27(32-25)31-23-9-7-22(8-10-23)30(15-4-16-30)33-29(38)39/h3,5-12,19-20,33H,4,13-18H2,1-2H3,(H,31,32)(H,38,39). The van der Waals surface area contributed by atoms with Gasteiger partial charge in [-0.3, -0.25) is 14.9 Å². The molecule has 3 N–H and O–H groups in total. The summed E-state index contributed by atoms with van der Waals surface area (Å²) in [6.45, 7) is 1.54. The molecule has 1 aliphatic heterocycles. The number of carbonyl (C=O) groups is 2. The largest absolute Gasteiger partial charge is 0.465 e. The lowest BCUT2D eigenvalue weighted by Crippen LogP contribution is -2.50. The zero-order valence-corrected chi connectivity index (χ0v) is 23.2. The molecule has 1 saturated carbocycles. The number of carboxylic acid groups (broad SMARTS) is 1. The van der Waals surface area contributed by atoms with Gasteiger partial charge in [-0.1, -0.05) is 24.3 Å². The van der Waals surface area contributed by atoms with Crippen LogP contribution < -0.4 is 15.5 Å². The van der Waals surface area contributed by atoms with Crippen LogP contribution in [0.15, 0.2) is 60.7 Å². The molecule has 2 aliphatic rings. The molecule has 11 nitrogen and oxygen atoms in total. The Morgan fingerprint density at radius 1 is 1.07 bits per heavy atom. The minimum absolute atomic E-state index is 0.0381. The normalized spacial score (nSPS) is 16.4. The summed E-state index contributed by atoms with van der Waals surface area (Å²) >= 11 is 0. The third-order valence-electron chi connectivity index (χ3n) is 8.12. The molecule has 11 heteroatoms. The molecule has 2 aromatic carbocycles. The zero-order chi connectivity index (χ0) is 29.1. The highest BCUT2D eigenvalue weighted by atomic mass is 16.6. The van der Waals surface area contributed by atoms with Gasteiger partial charge in [-0.15, -0.1) is 0 Å². The van der Waals surface area contributed by atoms with Crippen molar-refractivity contribution in [2.75, 3.05) is 37.4 Å². The van der Waals surface area contributed by atoms with Crippen LogP contribution in [-0.2, 0) is 10.3 Å². The number of piperidine rings is 1. The van der Waals surface area contributed by atoms with E-state index in [1.807, 2.05) is 36.4 Å². The average molecular weight is 559 g/mol. The number of carbonyl (C=O) groups excluding carboxylic acids is 1. The van der Waals surface area contributed by atoms with E-state index in [9.17, 15) is 24.8 Å². The van der Waals surface area contributed by atoms with Crippen LogP contribution in [0, 0.1) is 16.0 Å². The molecule has 0 unspecified atom stereocenters. The van der Waals surface area contributed by atoms with Gasteiger partial charge < -0.3 is 25.5 Å². The van der Waals surface area contributed by atoms with Crippen molar-refractivity contribution in [1.82, 2.24) is 15.2 Å². The number of pyridine rings is 1. The molecule has 2 amide bonds. The zero-order valence-electron chi connectivity index (χ0n) is 23.2. The van der Waals surface area contributed by atoms with E-state index in [2.05, 4.69) is 20.5 Å². The predicted molar refractivity (Wildman–Crippen MR) is 156 cm³/mol. The van der Waals surface area contributed by atoms with Gasteiger partial charge in [0.2, 0.25) is 11.7 Å². The summed E-state index contributed by atoms with van der Waals surface area (Å²) in [4.78, 5) is 43.5. The first-order valence-corrected chi connectivity index (χ1v) is 13.8. The fourth-order valence-corrected chi connectivity index (χ4v) is 5.69.